The van der Waals surface area contributed by atoms with Crippen LogP contribution in [0.2, 0.25) is 0 Å². The van der Waals surface area contributed by atoms with Crippen molar-refractivity contribution in [1.82, 2.24) is 0 Å². The van der Waals surface area contributed by atoms with E-state index in [1.54, 1.807) is 6.92 Å². The van der Waals surface area contributed by atoms with Gasteiger partial charge in [0.15, 0.2) is 0 Å². The van der Waals surface area contributed by atoms with Gasteiger partial charge in [0.1, 0.15) is 6.10 Å². The summed E-state index contributed by atoms with van der Waals surface area (Å²) in [6.45, 7) is 1.73. The predicted molar refractivity (Wildman–Crippen MR) is 29.3 cm³/mol. The molecule has 0 radical (unpaired) electrons. The van der Waals surface area contributed by atoms with Gasteiger partial charge in [0.25, 0.3) is 0 Å². The molecule has 3 heteroatoms. The smallest absolute Gasteiger partial charge is 0.307 e. The molecule has 0 bridgehead atoms. The van der Waals surface area contributed by atoms with Gasteiger partial charge in [-0.15, -0.1) is 0 Å². The molecule has 0 aromatic rings. The summed E-state index contributed by atoms with van der Waals surface area (Å²) in [5.74, 6) is -0.480. The average Bonchev–Trinajstić information content (AvgIpc) is 2.10. The molecule has 0 saturated carbocycles. The Morgan fingerprint density at radius 3 is 2.78 bits per heavy atom. The van der Waals surface area contributed by atoms with Crippen molar-refractivity contribution in [2.75, 3.05) is 0 Å². The highest BCUT2D eigenvalue weighted by molar-refractivity contribution is 5.72. The van der Waals surface area contributed by atoms with E-state index in [0.717, 1.165) is 0 Å². The molecule has 0 aromatic heterocycles. The molecule has 3 nitrogen and oxygen atoms in total. The summed E-state index contributed by atoms with van der Waals surface area (Å²) in [6.07, 6.45) is 0.0556. The second-order valence-electron chi connectivity index (χ2n) is 2.13. The van der Waals surface area contributed by atoms with E-state index in [4.69, 9.17) is 10.00 Å². The minimum Gasteiger partial charge on any atom is -0.461 e. The topological polar surface area (TPSA) is 50.1 Å². The number of nitrogens with zero attached hydrogens (tertiary/aromatic N) is 1. The minimum absolute atomic E-state index is 0.206. The van der Waals surface area contributed by atoms with Gasteiger partial charge in [0.05, 0.1) is 18.4 Å². The van der Waals surface area contributed by atoms with E-state index in [2.05, 4.69) is 0 Å². The van der Waals surface area contributed by atoms with Gasteiger partial charge < -0.3 is 4.74 Å². The highest BCUT2D eigenvalue weighted by atomic mass is 16.5. The van der Waals surface area contributed by atoms with Crippen LogP contribution in [0.5, 0.6) is 0 Å². The quantitative estimate of drug-likeness (QED) is 0.442. The molecule has 9 heavy (non-hydrogen) atoms. The maximum Gasteiger partial charge on any atom is 0.307 e. The Morgan fingerprint density at radius 2 is 2.56 bits per heavy atom. The molecule has 1 aliphatic rings. The van der Waals surface area contributed by atoms with Crippen molar-refractivity contribution < 1.29 is 9.53 Å². The lowest BCUT2D eigenvalue weighted by Crippen LogP contribution is -2.08. The normalized spacial score (nSPS) is 33.6. The first-order valence-corrected chi connectivity index (χ1v) is 2.83. The third-order valence-electron chi connectivity index (χ3n) is 1.44. The van der Waals surface area contributed by atoms with Crippen LogP contribution in [-0.4, -0.2) is 12.1 Å². The van der Waals surface area contributed by atoms with Gasteiger partial charge in [-0.3, -0.25) is 4.79 Å². The molecule has 0 N–H and O–H groups in total. The first kappa shape index (κ1) is 6.09. The Bertz CT molecular complexity index is 170. The van der Waals surface area contributed by atoms with E-state index < -0.39 is 0 Å². The van der Waals surface area contributed by atoms with Crippen LogP contribution in [0.25, 0.3) is 0 Å². The summed E-state index contributed by atoms with van der Waals surface area (Å²) < 4.78 is 4.70. The highest BCUT2D eigenvalue weighted by Crippen LogP contribution is 2.19. The molecule has 1 heterocycles. The van der Waals surface area contributed by atoms with Crippen LogP contribution in [0, 0.1) is 17.2 Å². The highest BCUT2D eigenvalue weighted by Gasteiger charge is 2.30. The van der Waals surface area contributed by atoms with Crippen LogP contribution >= 0.6 is 0 Å². The van der Waals surface area contributed by atoms with Crippen molar-refractivity contribution in [3.05, 3.63) is 0 Å². The van der Waals surface area contributed by atoms with Crippen molar-refractivity contribution in [2.45, 2.75) is 19.4 Å². The number of esters is 1. The second kappa shape index (κ2) is 2.06. The summed E-state index contributed by atoms with van der Waals surface area (Å²) in [5, 5.41) is 8.37. The molecule has 0 aromatic carbocycles. The molecule has 0 spiro atoms. The lowest BCUT2D eigenvalue weighted by Gasteiger charge is -2.01. The van der Waals surface area contributed by atoms with Crippen molar-refractivity contribution >= 4 is 5.97 Å². The van der Waals surface area contributed by atoms with Crippen molar-refractivity contribution in [3.8, 4) is 6.07 Å². The largest absolute Gasteiger partial charge is 0.461 e. The van der Waals surface area contributed by atoms with Gasteiger partial charge in [-0.25, -0.2) is 0 Å². The molecular formula is C6H7NO2. The zero-order valence-electron chi connectivity index (χ0n) is 5.13. The monoisotopic (exact) mass is 125 g/mol. The van der Waals surface area contributed by atoms with Gasteiger partial charge in [0.2, 0.25) is 0 Å². The number of cyclic esters (lactones) is 1. The van der Waals surface area contributed by atoms with Crippen LogP contribution in [0.1, 0.15) is 13.3 Å². The van der Waals surface area contributed by atoms with Gasteiger partial charge in [-0.2, -0.15) is 5.26 Å². The Morgan fingerprint density at radius 1 is 1.89 bits per heavy atom. The summed E-state index contributed by atoms with van der Waals surface area (Å²) in [6, 6.07) is 2.00. The van der Waals surface area contributed by atoms with Crippen molar-refractivity contribution in [1.29, 1.82) is 5.26 Å². The fraction of sp³-hybridized carbons (Fsp3) is 0.667. The second-order valence-corrected chi connectivity index (χ2v) is 2.13. The number of hydrogen-bond donors (Lipinski definition) is 0. The first-order valence-electron chi connectivity index (χ1n) is 2.83. The van der Waals surface area contributed by atoms with E-state index in [-0.39, 0.29) is 24.4 Å². The standard InChI is InChI=1S/C6H7NO2/c1-4-5(3-7)2-6(8)9-4/h4-5H,2H2,1H3. The molecule has 1 aliphatic heterocycles. The number of rotatable bonds is 0. The van der Waals surface area contributed by atoms with Crippen LogP contribution in [0.3, 0.4) is 0 Å². The average molecular weight is 125 g/mol. The fourth-order valence-electron chi connectivity index (χ4n) is 0.834. The molecule has 2 unspecified atom stereocenters. The zero-order chi connectivity index (χ0) is 6.85. The minimum atomic E-state index is -0.256. The SMILES string of the molecule is CC1OC(=O)CC1C#N. The van der Waals surface area contributed by atoms with E-state index in [1.165, 1.54) is 0 Å². The van der Waals surface area contributed by atoms with E-state index in [0.29, 0.717) is 0 Å². The van der Waals surface area contributed by atoms with Crippen LogP contribution in [0.4, 0.5) is 0 Å². The number of carbonyl (C=O) groups excluding carboxylic acids is 1. The fourth-order valence-corrected chi connectivity index (χ4v) is 0.834. The predicted octanol–water partition coefficient (Wildman–Crippen LogP) is 0.462. The molecular weight excluding hydrogens is 118 g/mol. The number of nitriles is 1. The third kappa shape index (κ3) is 1.02. The van der Waals surface area contributed by atoms with E-state index >= 15 is 0 Å². The van der Waals surface area contributed by atoms with Gasteiger partial charge in [0, 0.05) is 0 Å². The van der Waals surface area contributed by atoms with Crippen LogP contribution in [-0.2, 0) is 9.53 Å². The van der Waals surface area contributed by atoms with Gasteiger partial charge >= 0.3 is 5.97 Å². The maximum absolute atomic E-state index is 10.4. The van der Waals surface area contributed by atoms with Gasteiger partial charge in [-0.05, 0) is 6.92 Å². The number of hydrogen-bond acceptors (Lipinski definition) is 3. The summed E-state index contributed by atoms with van der Waals surface area (Å²) in [7, 11) is 0. The molecule has 1 rings (SSSR count). The van der Waals surface area contributed by atoms with Gasteiger partial charge in [-0.1, -0.05) is 0 Å². The first-order chi connectivity index (χ1) is 4.24. The lowest BCUT2D eigenvalue weighted by molar-refractivity contribution is -0.140. The third-order valence-corrected chi connectivity index (χ3v) is 1.44. The van der Waals surface area contributed by atoms with Crippen LogP contribution in [0.15, 0.2) is 0 Å². The van der Waals surface area contributed by atoms with E-state index in [9.17, 15) is 4.79 Å². The molecule has 2 atom stereocenters. The number of carbonyl (C=O) groups is 1. The molecule has 0 aliphatic carbocycles. The molecule has 1 saturated heterocycles. The Hall–Kier alpha value is -1.04. The maximum atomic E-state index is 10.4. The summed E-state index contributed by atoms with van der Waals surface area (Å²) in [5.41, 5.74) is 0. The Balaban J connectivity index is 2.60. The Labute approximate surface area is 53.2 Å². The van der Waals surface area contributed by atoms with E-state index in [1.807, 2.05) is 6.07 Å². The lowest BCUT2D eigenvalue weighted by atomic mass is 10.1. The summed E-state index contributed by atoms with van der Waals surface area (Å²) in [4.78, 5) is 10.4. The summed E-state index contributed by atoms with van der Waals surface area (Å²) >= 11 is 0. The number of ether oxygens (including phenoxy) is 1. The van der Waals surface area contributed by atoms with Crippen molar-refractivity contribution in [2.24, 2.45) is 5.92 Å². The zero-order valence-corrected chi connectivity index (χ0v) is 5.13. The van der Waals surface area contributed by atoms with Crippen LogP contribution < -0.4 is 0 Å². The van der Waals surface area contributed by atoms with Crippen molar-refractivity contribution in [3.63, 3.8) is 0 Å². The molecule has 0 amide bonds. The Kier molecular flexibility index (Phi) is 1.39. The molecule has 48 valence electrons. The molecule has 1 fully saturated rings.